The quantitative estimate of drug-likeness (QED) is 0.472. The fourth-order valence-electron chi connectivity index (χ4n) is 4.61. The molecule has 6 nitrogen and oxygen atoms in total. The molecule has 3 aliphatic carbocycles. The molecule has 0 radical (unpaired) electrons. The first-order valence-electron chi connectivity index (χ1n) is 11.1. The highest BCUT2D eigenvalue weighted by atomic mass is 32.1. The Morgan fingerprint density at radius 3 is 2.62 bits per heavy atom. The maximum absolute atomic E-state index is 12.4. The van der Waals surface area contributed by atoms with Crippen LogP contribution in [-0.4, -0.2) is 47.8 Å². The predicted molar refractivity (Wildman–Crippen MR) is 117 cm³/mol. The van der Waals surface area contributed by atoms with Crippen LogP contribution in [0.15, 0.2) is 6.20 Å². The molecule has 7 heteroatoms. The lowest BCUT2D eigenvalue weighted by atomic mass is 9.53. The first-order valence-corrected chi connectivity index (χ1v) is 11.9. The van der Waals surface area contributed by atoms with Gasteiger partial charge in [0.05, 0.1) is 6.20 Å². The van der Waals surface area contributed by atoms with Gasteiger partial charge in [-0.05, 0) is 62.2 Å². The number of nitrogens with zero attached hydrogens (tertiary/aromatic N) is 1. The Kier molecular flexibility index (Phi) is 7.57. The van der Waals surface area contributed by atoms with E-state index in [4.69, 9.17) is 4.74 Å². The van der Waals surface area contributed by atoms with Crippen molar-refractivity contribution in [1.29, 1.82) is 0 Å². The van der Waals surface area contributed by atoms with E-state index >= 15 is 0 Å². The number of nitrogens with one attached hydrogen (secondary N) is 2. The molecule has 1 aromatic rings. The highest BCUT2D eigenvalue weighted by molar-refractivity contribution is 7.15. The molecule has 1 heterocycles. The Morgan fingerprint density at radius 2 is 1.97 bits per heavy atom. The molecule has 3 aliphatic rings. The van der Waals surface area contributed by atoms with Crippen molar-refractivity contribution in [3.05, 3.63) is 11.1 Å². The van der Waals surface area contributed by atoms with Crippen LogP contribution >= 0.6 is 11.3 Å². The Hall–Kier alpha value is -1.18. The van der Waals surface area contributed by atoms with Crippen LogP contribution < -0.4 is 15.4 Å². The SMILES string of the molecule is CC(C)NCC(O)COc1ncc(C(=O)NCCCC23CCC(C)(CC2)CC3)s1. The van der Waals surface area contributed by atoms with Gasteiger partial charge in [0.2, 0.25) is 0 Å². The van der Waals surface area contributed by atoms with Crippen molar-refractivity contribution in [3.63, 3.8) is 0 Å². The lowest BCUT2D eigenvalue weighted by Crippen LogP contribution is -2.40. The van der Waals surface area contributed by atoms with Gasteiger partial charge < -0.3 is 20.5 Å². The summed E-state index contributed by atoms with van der Waals surface area (Å²) in [7, 11) is 0. The molecule has 1 atom stereocenters. The van der Waals surface area contributed by atoms with E-state index in [1.807, 2.05) is 13.8 Å². The normalized spacial score (nSPS) is 27.2. The smallest absolute Gasteiger partial charge is 0.273 e. The topological polar surface area (TPSA) is 83.5 Å². The number of hydrogen-bond acceptors (Lipinski definition) is 6. The summed E-state index contributed by atoms with van der Waals surface area (Å²) in [5.74, 6) is -0.0864. The molecular formula is C22H37N3O3S. The van der Waals surface area contributed by atoms with Crippen molar-refractivity contribution < 1.29 is 14.6 Å². The van der Waals surface area contributed by atoms with Gasteiger partial charge in [-0.25, -0.2) is 4.98 Å². The zero-order chi connectivity index (χ0) is 20.9. The Morgan fingerprint density at radius 1 is 1.28 bits per heavy atom. The van der Waals surface area contributed by atoms with Gasteiger partial charge in [0, 0.05) is 19.1 Å². The second-order valence-corrected chi connectivity index (χ2v) is 10.7. The number of aromatic nitrogens is 1. The minimum absolute atomic E-state index is 0.0864. The van der Waals surface area contributed by atoms with Gasteiger partial charge in [0.25, 0.3) is 11.1 Å². The number of thiazole rings is 1. The molecular weight excluding hydrogens is 386 g/mol. The summed E-state index contributed by atoms with van der Waals surface area (Å²) in [6.07, 6.45) is 11.5. The van der Waals surface area contributed by atoms with Gasteiger partial charge in [-0.2, -0.15) is 0 Å². The second kappa shape index (κ2) is 9.75. The molecule has 1 aromatic heterocycles. The van der Waals surface area contributed by atoms with E-state index in [1.165, 1.54) is 56.3 Å². The largest absolute Gasteiger partial charge is 0.467 e. The standard InChI is InChI=1S/C22H37N3O3S/c1-16(2)24-13-17(26)15-28-20-25-14-18(29-20)19(27)23-12-4-5-22-9-6-21(3,7-10-22)8-11-22/h14,16-17,24,26H,4-13,15H2,1-3H3,(H,23,27). The van der Waals surface area contributed by atoms with Crippen molar-refractivity contribution in [3.8, 4) is 5.19 Å². The number of amides is 1. The number of hydrogen-bond donors (Lipinski definition) is 3. The third kappa shape index (κ3) is 6.40. The third-order valence-electron chi connectivity index (χ3n) is 6.82. The molecule has 1 amide bonds. The van der Waals surface area contributed by atoms with E-state index in [0.717, 1.165) is 6.42 Å². The molecule has 3 N–H and O–H groups in total. The van der Waals surface area contributed by atoms with E-state index in [1.54, 1.807) is 6.20 Å². The van der Waals surface area contributed by atoms with E-state index in [2.05, 4.69) is 22.5 Å². The molecule has 3 saturated carbocycles. The van der Waals surface area contributed by atoms with Crippen LogP contribution in [0.4, 0.5) is 0 Å². The van der Waals surface area contributed by atoms with Crippen LogP contribution in [0.5, 0.6) is 5.19 Å². The van der Waals surface area contributed by atoms with Crippen LogP contribution in [0.1, 0.15) is 81.8 Å². The first kappa shape index (κ1) is 22.5. The fourth-order valence-corrected chi connectivity index (χ4v) is 5.30. The molecule has 0 saturated heterocycles. The van der Waals surface area contributed by atoms with Gasteiger partial charge in [0.1, 0.15) is 17.6 Å². The molecule has 3 fully saturated rings. The van der Waals surface area contributed by atoms with Gasteiger partial charge in [0.15, 0.2) is 0 Å². The zero-order valence-electron chi connectivity index (χ0n) is 18.1. The third-order valence-corrected chi connectivity index (χ3v) is 7.72. The lowest BCUT2D eigenvalue weighted by Gasteiger charge is -2.52. The highest BCUT2D eigenvalue weighted by Crippen LogP contribution is 2.58. The molecule has 0 spiro atoms. The lowest BCUT2D eigenvalue weighted by molar-refractivity contribution is -0.00360. The van der Waals surface area contributed by atoms with E-state index < -0.39 is 6.10 Å². The monoisotopic (exact) mass is 423 g/mol. The Balaban J connectivity index is 1.34. The molecule has 1 unspecified atom stereocenters. The zero-order valence-corrected chi connectivity index (χ0v) is 18.9. The van der Waals surface area contributed by atoms with Gasteiger partial charge >= 0.3 is 0 Å². The summed E-state index contributed by atoms with van der Waals surface area (Å²) >= 11 is 1.23. The number of ether oxygens (including phenoxy) is 1. The van der Waals surface area contributed by atoms with Crippen LogP contribution in [0.2, 0.25) is 0 Å². The second-order valence-electron chi connectivity index (χ2n) is 9.69. The minimum Gasteiger partial charge on any atom is -0.467 e. The number of carbonyl (C=O) groups is 1. The van der Waals surface area contributed by atoms with Crippen LogP contribution in [0.25, 0.3) is 0 Å². The van der Waals surface area contributed by atoms with E-state index in [-0.39, 0.29) is 12.5 Å². The average Bonchev–Trinajstić information content (AvgIpc) is 3.18. The number of rotatable bonds is 11. The first-order chi connectivity index (χ1) is 13.8. The Labute approximate surface area is 178 Å². The van der Waals surface area contributed by atoms with Crippen molar-refractivity contribution in [2.24, 2.45) is 10.8 Å². The summed E-state index contributed by atoms with van der Waals surface area (Å²) < 4.78 is 5.51. The molecule has 164 valence electrons. The predicted octanol–water partition coefficient (Wildman–Crippen LogP) is 3.75. The van der Waals surface area contributed by atoms with Crippen molar-refractivity contribution in [2.75, 3.05) is 19.7 Å². The van der Waals surface area contributed by atoms with Gasteiger partial charge in [-0.15, -0.1) is 0 Å². The van der Waals surface area contributed by atoms with Crippen molar-refractivity contribution >= 4 is 17.2 Å². The molecule has 4 rings (SSSR count). The van der Waals surface area contributed by atoms with E-state index in [9.17, 15) is 9.90 Å². The Bertz CT molecular complexity index is 651. The summed E-state index contributed by atoms with van der Waals surface area (Å²) in [4.78, 5) is 17.1. The van der Waals surface area contributed by atoms with Crippen LogP contribution in [-0.2, 0) is 0 Å². The number of aliphatic hydroxyl groups is 1. The summed E-state index contributed by atoms with van der Waals surface area (Å²) in [6, 6.07) is 0.316. The van der Waals surface area contributed by atoms with Gasteiger partial charge in [-0.1, -0.05) is 32.1 Å². The van der Waals surface area contributed by atoms with Crippen LogP contribution in [0, 0.1) is 10.8 Å². The molecule has 0 aromatic carbocycles. The maximum atomic E-state index is 12.4. The van der Waals surface area contributed by atoms with Gasteiger partial charge in [-0.3, -0.25) is 4.79 Å². The minimum atomic E-state index is -0.601. The number of fused-ring (bicyclic) bond motifs is 3. The summed E-state index contributed by atoms with van der Waals surface area (Å²) in [6.45, 7) is 7.85. The van der Waals surface area contributed by atoms with Crippen LogP contribution in [0.3, 0.4) is 0 Å². The highest BCUT2D eigenvalue weighted by Gasteiger charge is 2.45. The van der Waals surface area contributed by atoms with E-state index in [0.29, 0.717) is 40.0 Å². The number of aliphatic hydroxyl groups excluding tert-OH is 1. The van der Waals surface area contributed by atoms with Crippen molar-refractivity contribution in [1.82, 2.24) is 15.6 Å². The molecule has 2 bridgehead atoms. The maximum Gasteiger partial charge on any atom is 0.273 e. The molecule has 0 aliphatic heterocycles. The number of carbonyl (C=O) groups excluding carboxylic acids is 1. The average molecular weight is 424 g/mol. The summed E-state index contributed by atoms with van der Waals surface area (Å²) in [5, 5.41) is 16.5. The summed E-state index contributed by atoms with van der Waals surface area (Å²) in [5.41, 5.74) is 1.15. The van der Waals surface area contributed by atoms with Crippen molar-refractivity contribution in [2.45, 2.75) is 84.3 Å². The fraction of sp³-hybridized carbons (Fsp3) is 0.818. The molecule has 29 heavy (non-hydrogen) atoms.